The maximum atomic E-state index is 12.5. The van der Waals surface area contributed by atoms with Crippen LogP contribution in [0.3, 0.4) is 0 Å². The van der Waals surface area contributed by atoms with Crippen LogP contribution < -0.4 is 4.74 Å². The monoisotopic (exact) mass is 402 g/mol. The van der Waals surface area contributed by atoms with E-state index in [-0.39, 0.29) is 18.1 Å². The van der Waals surface area contributed by atoms with Gasteiger partial charge in [0.1, 0.15) is 5.75 Å². The number of carboxylic acid groups (broad SMARTS) is 1. The number of ether oxygens (including phenoxy) is 1. The van der Waals surface area contributed by atoms with Gasteiger partial charge in [-0.05, 0) is 42.3 Å². The van der Waals surface area contributed by atoms with E-state index in [1.165, 1.54) is 17.7 Å². The minimum atomic E-state index is -1.02. The molecule has 0 saturated carbocycles. The van der Waals surface area contributed by atoms with Crippen molar-refractivity contribution in [3.8, 4) is 5.75 Å². The lowest BCUT2D eigenvalue weighted by atomic mass is 10.1. The lowest BCUT2D eigenvalue weighted by molar-refractivity contribution is -0.135. The van der Waals surface area contributed by atoms with Crippen LogP contribution in [-0.2, 0) is 11.3 Å². The molecule has 28 heavy (non-hydrogen) atoms. The smallest absolute Gasteiger partial charge is 0.335 e. The van der Waals surface area contributed by atoms with E-state index in [1.807, 2.05) is 31.2 Å². The third kappa shape index (κ3) is 5.24. The van der Waals surface area contributed by atoms with Crippen LogP contribution in [-0.4, -0.2) is 59.6 Å². The molecule has 0 spiro atoms. The van der Waals surface area contributed by atoms with Gasteiger partial charge in [-0.3, -0.25) is 9.69 Å². The van der Waals surface area contributed by atoms with Gasteiger partial charge in [0.2, 0.25) is 0 Å². The third-order valence-electron chi connectivity index (χ3n) is 4.83. The maximum Gasteiger partial charge on any atom is 0.335 e. The van der Waals surface area contributed by atoms with E-state index in [9.17, 15) is 9.59 Å². The van der Waals surface area contributed by atoms with Crippen molar-refractivity contribution < 1.29 is 19.4 Å². The molecule has 1 aliphatic heterocycles. The Morgan fingerprint density at radius 2 is 1.75 bits per heavy atom. The molecule has 1 saturated heterocycles. The molecule has 1 amide bonds. The van der Waals surface area contributed by atoms with E-state index in [0.29, 0.717) is 18.8 Å². The lowest BCUT2D eigenvalue weighted by Crippen LogP contribution is -2.49. The fourth-order valence-electron chi connectivity index (χ4n) is 3.12. The maximum absolute atomic E-state index is 12.5. The average Bonchev–Trinajstić information content (AvgIpc) is 2.69. The van der Waals surface area contributed by atoms with Crippen LogP contribution >= 0.6 is 11.6 Å². The number of benzene rings is 2. The zero-order chi connectivity index (χ0) is 20.1. The number of amides is 1. The summed E-state index contributed by atoms with van der Waals surface area (Å²) in [5, 5.41) is 9.81. The number of aryl methyl sites for hydroxylation is 1. The van der Waals surface area contributed by atoms with Gasteiger partial charge >= 0.3 is 5.97 Å². The van der Waals surface area contributed by atoms with Crippen molar-refractivity contribution in [2.24, 2.45) is 0 Å². The van der Waals surface area contributed by atoms with Gasteiger partial charge in [0, 0.05) is 37.7 Å². The second-order valence-electron chi connectivity index (χ2n) is 6.86. The summed E-state index contributed by atoms with van der Waals surface area (Å²) in [6, 6.07) is 12.5. The molecule has 2 aromatic rings. The molecule has 7 heteroatoms. The fourth-order valence-corrected chi connectivity index (χ4v) is 3.25. The molecule has 0 aromatic heterocycles. The second-order valence-corrected chi connectivity index (χ2v) is 7.29. The summed E-state index contributed by atoms with van der Waals surface area (Å²) in [6.45, 7) is 5.43. The van der Waals surface area contributed by atoms with Gasteiger partial charge in [-0.25, -0.2) is 4.79 Å². The molecule has 1 aliphatic rings. The number of carboxylic acids is 1. The fraction of sp³-hybridized carbons (Fsp3) is 0.333. The summed E-state index contributed by atoms with van der Waals surface area (Å²) >= 11 is 5.92. The lowest BCUT2D eigenvalue weighted by Gasteiger charge is -2.34. The molecule has 1 fully saturated rings. The number of carbonyl (C=O) groups excluding carboxylic acids is 1. The van der Waals surface area contributed by atoms with Crippen LogP contribution in [0.2, 0.25) is 5.02 Å². The summed E-state index contributed by atoms with van der Waals surface area (Å²) < 4.78 is 5.60. The number of carbonyl (C=O) groups is 2. The van der Waals surface area contributed by atoms with Crippen molar-refractivity contribution in [2.45, 2.75) is 13.5 Å². The molecule has 148 valence electrons. The molecule has 0 aliphatic carbocycles. The first-order valence-corrected chi connectivity index (χ1v) is 9.51. The van der Waals surface area contributed by atoms with Crippen LogP contribution in [0.4, 0.5) is 0 Å². The number of piperazine rings is 1. The van der Waals surface area contributed by atoms with E-state index in [2.05, 4.69) is 4.90 Å². The number of hydrogen-bond donors (Lipinski definition) is 1. The second kappa shape index (κ2) is 9.08. The van der Waals surface area contributed by atoms with Crippen molar-refractivity contribution >= 4 is 23.5 Å². The van der Waals surface area contributed by atoms with Gasteiger partial charge in [-0.1, -0.05) is 29.8 Å². The van der Waals surface area contributed by atoms with Crippen molar-refractivity contribution in [2.75, 3.05) is 32.8 Å². The summed E-state index contributed by atoms with van der Waals surface area (Å²) in [6.07, 6.45) is 0. The molecule has 0 radical (unpaired) electrons. The largest absolute Gasteiger partial charge is 0.483 e. The third-order valence-corrected chi connectivity index (χ3v) is 5.08. The minimum absolute atomic E-state index is 0.0914. The highest BCUT2D eigenvalue weighted by Gasteiger charge is 2.21. The summed E-state index contributed by atoms with van der Waals surface area (Å²) in [7, 11) is 0. The number of aromatic carboxylic acids is 1. The zero-order valence-corrected chi connectivity index (χ0v) is 16.5. The van der Waals surface area contributed by atoms with E-state index in [1.54, 1.807) is 11.0 Å². The topological polar surface area (TPSA) is 70.1 Å². The van der Waals surface area contributed by atoms with E-state index in [4.69, 9.17) is 21.4 Å². The van der Waals surface area contributed by atoms with E-state index < -0.39 is 5.97 Å². The minimum Gasteiger partial charge on any atom is -0.483 e. The van der Waals surface area contributed by atoms with Crippen LogP contribution in [0.25, 0.3) is 0 Å². The Morgan fingerprint density at radius 3 is 2.39 bits per heavy atom. The molecule has 3 rings (SSSR count). The predicted molar refractivity (Wildman–Crippen MR) is 107 cm³/mol. The Bertz CT molecular complexity index is 846. The van der Waals surface area contributed by atoms with Gasteiger partial charge in [-0.2, -0.15) is 0 Å². The quantitative estimate of drug-likeness (QED) is 0.804. The number of hydrogen-bond acceptors (Lipinski definition) is 4. The predicted octanol–water partition coefficient (Wildman–Crippen LogP) is 3.07. The van der Waals surface area contributed by atoms with Crippen molar-refractivity contribution in [1.82, 2.24) is 9.80 Å². The van der Waals surface area contributed by atoms with Crippen LogP contribution in [0.5, 0.6) is 5.75 Å². The first-order valence-electron chi connectivity index (χ1n) is 9.13. The Morgan fingerprint density at radius 1 is 1.07 bits per heavy atom. The highest BCUT2D eigenvalue weighted by molar-refractivity contribution is 6.30. The summed E-state index contributed by atoms with van der Waals surface area (Å²) in [5.41, 5.74) is 2.13. The highest BCUT2D eigenvalue weighted by Crippen LogP contribution is 2.20. The SMILES string of the molecule is Cc1ccc(C(=O)O)cc1OCC(=O)N1CCN(Cc2ccc(Cl)cc2)CC1. The summed E-state index contributed by atoms with van der Waals surface area (Å²) in [5.74, 6) is -0.686. The Balaban J connectivity index is 1.48. The normalized spacial score (nSPS) is 14.7. The molecule has 0 unspecified atom stereocenters. The molecular weight excluding hydrogens is 380 g/mol. The molecule has 2 aromatic carbocycles. The number of rotatable bonds is 6. The highest BCUT2D eigenvalue weighted by atomic mass is 35.5. The van der Waals surface area contributed by atoms with Gasteiger partial charge in [-0.15, -0.1) is 0 Å². The van der Waals surface area contributed by atoms with Crippen molar-refractivity contribution in [3.05, 3.63) is 64.2 Å². The Labute approximate surface area is 169 Å². The Hall–Kier alpha value is -2.57. The number of halogens is 1. The van der Waals surface area contributed by atoms with Gasteiger partial charge in [0.05, 0.1) is 5.56 Å². The van der Waals surface area contributed by atoms with E-state index in [0.717, 1.165) is 30.2 Å². The molecule has 6 nitrogen and oxygen atoms in total. The standard InChI is InChI=1S/C21H23ClN2O4/c1-15-2-5-17(21(26)27)12-19(15)28-14-20(25)24-10-8-23(9-11-24)13-16-3-6-18(22)7-4-16/h2-7,12H,8-11,13-14H2,1H3,(H,26,27). The zero-order valence-electron chi connectivity index (χ0n) is 15.7. The van der Waals surface area contributed by atoms with Crippen molar-refractivity contribution in [3.63, 3.8) is 0 Å². The molecule has 1 heterocycles. The molecule has 0 atom stereocenters. The Kier molecular flexibility index (Phi) is 6.54. The first-order chi connectivity index (χ1) is 13.4. The van der Waals surface area contributed by atoms with Gasteiger partial charge < -0.3 is 14.7 Å². The van der Waals surface area contributed by atoms with Crippen LogP contribution in [0.15, 0.2) is 42.5 Å². The first kappa shape index (κ1) is 20.2. The molecular formula is C21H23ClN2O4. The van der Waals surface area contributed by atoms with Gasteiger partial charge in [0.25, 0.3) is 5.91 Å². The summed E-state index contributed by atoms with van der Waals surface area (Å²) in [4.78, 5) is 27.6. The van der Waals surface area contributed by atoms with Gasteiger partial charge in [0.15, 0.2) is 6.61 Å². The van der Waals surface area contributed by atoms with E-state index >= 15 is 0 Å². The number of nitrogens with zero attached hydrogens (tertiary/aromatic N) is 2. The van der Waals surface area contributed by atoms with Crippen LogP contribution in [0, 0.1) is 6.92 Å². The molecule has 1 N–H and O–H groups in total. The van der Waals surface area contributed by atoms with Crippen molar-refractivity contribution in [1.29, 1.82) is 0 Å². The average molecular weight is 403 g/mol. The molecule has 0 bridgehead atoms. The van der Waals surface area contributed by atoms with Crippen LogP contribution in [0.1, 0.15) is 21.5 Å².